The lowest BCUT2D eigenvalue weighted by atomic mass is 10.2. The number of hydrogen-bond acceptors (Lipinski definition) is 2. The second-order valence-corrected chi connectivity index (χ2v) is 3.22. The van der Waals surface area contributed by atoms with Gasteiger partial charge in [0.1, 0.15) is 17.2 Å². The molecular formula is C16H25N3. The van der Waals surface area contributed by atoms with Crippen LogP contribution < -0.4 is 5.73 Å². The number of allylic oxidation sites excluding steroid dienone is 3. The number of nitrogen functional groups attached to an aromatic ring is 1. The van der Waals surface area contributed by atoms with E-state index in [-0.39, 0.29) is 0 Å². The van der Waals surface area contributed by atoms with Crippen LogP contribution in [0.25, 0.3) is 11.2 Å². The van der Waals surface area contributed by atoms with E-state index in [1.807, 2.05) is 69.5 Å². The third-order valence-electron chi connectivity index (χ3n) is 2.37. The second-order valence-electron chi connectivity index (χ2n) is 3.22. The van der Waals surface area contributed by atoms with Crippen molar-refractivity contribution < 1.29 is 0 Å². The SMILES string of the molecule is C=C/C(=C\C)c1nc2ccccn2c1N.CC.CC. The fourth-order valence-electron chi connectivity index (χ4n) is 1.58. The van der Waals surface area contributed by atoms with E-state index >= 15 is 0 Å². The molecule has 0 aliphatic rings. The van der Waals surface area contributed by atoms with Crippen LogP contribution >= 0.6 is 0 Å². The van der Waals surface area contributed by atoms with E-state index in [9.17, 15) is 0 Å². The Hall–Kier alpha value is -2.03. The molecule has 0 aromatic carbocycles. The first-order chi connectivity index (χ1) is 9.27. The number of aromatic nitrogens is 2. The van der Waals surface area contributed by atoms with Gasteiger partial charge in [-0.2, -0.15) is 0 Å². The molecule has 104 valence electrons. The van der Waals surface area contributed by atoms with Crippen molar-refractivity contribution in [3.8, 4) is 0 Å². The van der Waals surface area contributed by atoms with Crippen molar-refractivity contribution in [3.05, 3.63) is 48.8 Å². The fourth-order valence-corrected chi connectivity index (χ4v) is 1.58. The average molecular weight is 259 g/mol. The van der Waals surface area contributed by atoms with Crippen molar-refractivity contribution in [2.45, 2.75) is 34.6 Å². The minimum Gasteiger partial charge on any atom is -0.383 e. The summed E-state index contributed by atoms with van der Waals surface area (Å²) < 4.78 is 1.86. The Morgan fingerprint density at radius 2 is 1.89 bits per heavy atom. The number of fused-ring (bicyclic) bond motifs is 1. The van der Waals surface area contributed by atoms with E-state index in [1.54, 1.807) is 6.08 Å². The van der Waals surface area contributed by atoms with Gasteiger partial charge in [-0.25, -0.2) is 4.98 Å². The number of nitrogens with two attached hydrogens (primary N) is 1. The van der Waals surface area contributed by atoms with E-state index < -0.39 is 0 Å². The molecule has 3 nitrogen and oxygen atoms in total. The first kappa shape index (κ1) is 17.0. The third kappa shape index (κ3) is 3.71. The van der Waals surface area contributed by atoms with Crippen LogP contribution in [0.2, 0.25) is 0 Å². The number of hydrogen-bond donors (Lipinski definition) is 1. The molecule has 0 amide bonds. The third-order valence-corrected chi connectivity index (χ3v) is 2.37. The van der Waals surface area contributed by atoms with E-state index in [4.69, 9.17) is 5.73 Å². The molecule has 0 atom stereocenters. The lowest BCUT2D eigenvalue weighted by Crippen LogP contribution is -1.94. The minimum atomic E-state index is 0.651. The molecule has 0 spiro atoms. The maximum atomic E-state index is 6.00. The molecule has 2 rings (SSSR count). The summed E-state index contributed by atoms with van der Waals surface area (Å²) in [5, 5.41) is 0. The highest BCUT2D eigenvalue weighted by molar-refractivity contribution is 5.79. The molecule has 0 saturated carbocycles. The molecule has 0 bridgehead atoms. The molecule has 2 aromatic heterocycles. The topological polar surface area (TPSA) is 43.3 Å². The predicted octanol–water partition coefficient (Wildman–Crippen LogP) is 4.56. The van der Waals surface area contributed by atoms with Crippen molar-refractivity contribution in [1.82, 2.24) is 9.38 Å². The van der Waals surface area contributed by atoms with Crippen LogP contribution in [0.4, 0.5) is 5.82 Å². The number of imidazole rings is 1. The Kier molecular flexibility index (Phi) is 8.02. The van der Waals surface area contributed by atoms with Gasteiger partial charge in [-0.1, -0.05) is 52.5 Å². The van der Waals surface area contributed by atoms with E-state index in [1.165, 1.54) is 0 Å². The summed E-state index contributed by atoms with van der Waals surface area (Å²) >= 11 is 0. The highest BCUT2D eigenvalue weighted by Gasteiger charge is 2.09. The van der Waals surface area contributed by atoms with Gasteiger partial charge in [-0.3, -0.25) is 4.40 Å². The van der Waals surface area contributed by atoms with Gasteiger partial charge in [0.05, 0.1) is 0 Å². The van der Waals surface area contributed by atoms with Crippen molar-refractivity contribution in [3.63, 3.8) is 0 Å². The molecule has 0 fully saturated rings. The number of nitrogens with zero attached hydrogens (tertiary/aromatic N) is 2. The molecule has 3 heteroatoms. The molecule has 0 aliphatic heterocycles. The lowest BCUT2D eigenvalue weighted by molar-refractivity contribution is 1.20. The zero-order valence-electron chi connectivity index (χ0n) is 12.6. The van der Waals surface area contributed by atoms with Crippen molar-refractivity contribution in [1.29, 1.82) is 0 Å². The van der Waals surface area contributed by atoms with Crippen LogP contribution in [0.3, 0.4) is 0 Å². The monoisotopic (exact) mass is 259 g/mol. The van der Waals surface area contributed by atoms with Crippen LogP contribution in [0, 0.1) is 0 Å². The van der Waals surface area contributed by atoms with Gasteiger partial charge in [-0.05, 0) is 24.6 Å². The van der Waals surface area contributed by atoms with E-state index in [0.717, 1.165) is 16.9 Å². The van der Waals surface area contributed by atoms with E-state index in [0.29, 0.717) is 5.82 Å². The molecule has 0 unspecified atom stereocenters. The standard InChI is InChI=1S/C12H13N3.2C2H6/c1-3-9(4-2)11-12(13)15-8-6-5-7-10(15)14-11;2*1-2/h3-8H,1,13H2,2H3;2*1-2H3/b9-4+;;. The Morgan fingerprint density at radius 3 is 2.37 bits per heavy atom. The summed E-state index contributed by atoms with van der Waals surface area (Å²) in [5.74, 6) is 0.651. The zero-order valence-corrected chi connectivity index (χ0v) is 12.6. The highest BCUT2D eigenvalue weighted by Crippen LogP contribution is 2.22. The first-order valence-corrected chi connectivity index (χ1v) is 6.79. The maximum absolute atomic E-state index is 6.00. The summed E-state index contributed by atoms with van der Waals surface area (Å²) in [6, 6.07) is 5.79. The molecule has 2 aromatic rings. The summed E-state index contributed by atoms with van der Waals surface area (Å²) in [4.78, 5) is 4.45. The number of rotatable bonds is 2. The highest BCUT2D eigenvalue weighted by atomic mass is 15.1. The summed E-state index contributed by atoms with van der Waals surface area (Å²) in [6.45, 7) is 13.7. The molecule has 2 N–H and O–H groups in total. The van der Waals surface area contributed by atoms with Gasteiger partial charge in [0, 0.05) is 6.20 Å². The summed E-state index contributed by atoms with van der Waals surface area (Å²) in [7, 11) is 0. The number of anilines is 1. The molecule has 0 aliphatic carbocycles. The fraction of sp³-hybridized carbons (Fsp3) is 0.312. The van der Waals surface area contributed by atoms with Crippen LogP contribution in [-0.2, 0) is 0 Å². The van der Waals surface area contributed by atoms with Gasteiger partial charge in [0.2, 0.25) is 0 Å². The van der Waals surface area contributed by atoms with Crippen LogP contribution in [-0.4, -0.2) is 9.38 Å². The van der Waals surface area contributed by atoms with Crippen LogP contribution in [0.15, 0.2) is 43.1 Å². The zero-order chi connectivity index (χ0) is 14.8. The molecule has 0 saturated heterocycles. The molecule has 19 heavy (non-hydrogen) atoms. The Bertz CT molecular complexity index is 536. The maximum Gasteiger partial charge on any atom is 0.139 e. The molecule has 0 radical (unpaired) electrons. The summed E-state index contributed by atoms with van der Waals surface area (Å²) in [6.07, 6.45) is 5.61. The number of pyridine rings is 1. The smallest absolute Gasteiger partial charge is 0.139 e. The van der Waals surface area contributed by atoms with Crippen LogP contribution in [0.5, 0.6) is 0 Å². The Balaban J connectivity index is 0.000000741. The normalized spacial score (nSPS) is 10.1. The van der Waals surface area contributed by atoms with Crippen molar-refractivity contribution in [2.75, 3.05) is 5.73 Å². The molecular weight excluding hydrogens is 234 g/mol. The largest absolute Gasteiger partial charge is 0.383 e. The van der Waals surface area contributed by atoms with Gasteiger partial charge in [0.15, 0.2) is 0 Å². The Morgan fingerprint density at radius 1 is 1.26 bits per heavy atom. The van der Waals surface area contributed by atoms with Gasteiger partial charge >= 0.3 is 0 Å². The Labute approximate surface area is 116 Å². The van der Waals surface area contributed by atoms with E-state index in [2.05, 4.69) is 11.6 Å². The average Bonchev–Trinajstić information content (AvgIpc) is 2.83. The van der Waals surface area contributed by atoms with Gasteiger partial charge < -0.3 is 5.73 Å². The van der Waals surface area contributed by atoms with Gasteiger partial charge in [-0.15, -0.1) is 0 Å². The van der Waals surface area contributed by atoms with Crippen molar-refractivity contribution in [2.24, 2.45) is 0 Å². The minimum absolute atomic E-state index is 0.651. The predicted molar refractivity (Wildman–Crippen MR) is 86.1 cm³/mol. The van der Waals surface area contributed by atoms with Crippen LogP contribution in [0.1, 0.15) is 40.3 Å². The lowest BCUT2D eigenvalue weighted by Gasteiger charge is -1.98. The second kappa shape index (κ2) is 8.97. The van der Waals surface area contributed by atoms with Crippen molar-refractivity contribution >= 4 is 17.0 Å². The summed E-state index contributed by atoms with van der Waals surface area (Å²) in [5.41, 5.74) is 8.60. The quantitative estimate of drug-likeness (QED) is 0.803. The first-order valence-electron chi connectivity index (χ1n) is 6.79. The molecule has 2 heterocycles. The van der Waals surface area contributed by atoms with Gasteiger partial charge in [0.25, 0.3) is 0 Å².